The fraction of sp³-hybridized carbons (Fsp3) is 0.600. The fourth-order valence-electron chi connectivity index (χ4n) is 2.87. The molecule has 3 rings (SSSR count). The molecular weight excluding hydrogens is 236 g/mol. The molecule has 2 saturated heterocycles. The van der Waals surface area contributed by atoms with E-state index in [2.05, 4.69) is 51.3 Å². The van der Waals surface area contributed by atoms with Crippen molar-refractivity contribution < 1.29 is 0 Å². The van der Waals surface area contributed by atoms with Crippen LogP contribution < -0.4 is 15.1 Å². The molecule has 0 aromatic heterocycles. The molecule has 19 heavy (non-hydrogen) atoms. The number of benzene rings is 1. The second kappa shape index (κ2) is 5.80. The van der Waals surface area contributed by atoms with E-state index >= 15 is 0 Å². The second-order valence-electron chi connectivity index (χ2n) is 5.55. The van der Waals surface area contributed by atoms with Gasteiger partial charge in [0.25, 0.3) is 0 Å². The number of nitrogens with zero attached hydrogens (tertiary/aromatic N) is 3. The highest BCUT2D eigenvalue weighted by atomic mass is 15.3. The molecule has 0 amide bonds. The Bertz CT molecular complexity index is 406. The Morgan fingerprint density at radius 1 is 0.842 bits per heavy atom. The number of hydrogen-bond acceptors (Lipinski definition) is 4. The van der Waals surface area contributed by atoms with Gasteiger partial charge in [0, 0.05) is 63.7 Å². The Kier molecular flexibility index (Phi) is 3.89. The van der Waals surface area contributed by atoms with Crippen LogP contribution in [0.15, 0.2) is 24.3 Å². The van der Waals surface area contributed by atoms with E-state index in [0.29, 0.717) is 0 Å². The van der Waals surface area contributed by atoms with Crippen LogP contribution in [0, 0.1) is 0 Å². The van der Waals surface area contributed by atoms with Crippen LogP contribution in [0.5, 0.6) is 0 Å². The molecule has 1 aromatic rings. The molecule has 1 N–H and O–H groups in total. The predicted octanol–water partition coefficient (Wildman–Crippen LogP) is 0.848. The van der Waals surface area contributed by atoms with Crippen LogP contribution in [0.2, 0.25) is 0 Å². The van der Waals surface area contributed by atoms with Gasteiger partial charge in [0.05, 0.1) is 0 Å². The third kappa shape index (κ3) is 3.01. The van der Waals surface area contributed by atoms with Crippen molar-refractivity contribution in [1.29, 1.82) is 0 Å². The summed E-state index contributed by atoms with van der Waals surface area (Å²) in [6.45, 7) is 9.04. The number of rotatable bonds is 2. The molecule has 4 nitrogen and oxygen atoms in total. The molecule has 104 valence electrons. The van der Waals surface area contributed by atoms with Gasteiger partial charge in [0.15, 0.2) is 0 Å². The lowest BCUT2D eigenvalue weighted by Gasteiger charge is -2.35. The van der Waals surface area contributed by atoms with E-state index in [1.54, 1.807) is 0 Å². The molecule has 2 heterocycles. The summed E-state index contributed by atoms with van der Waals surface area (Å²) in [5, 5.41) is 3.41. The fourth-order valence-corrected chi connectivity index (χ4v) is 2.87. The monoisotopic (exact) mass is 260 g/mol. The van der Waals surface area contributed by atoms with E-state index in [9.17, 15) is 0 Å². The Labute approximate surface area is 116 Å². The lowest BCUT2D eigenvalue weighted by atomic mass is 10.2. The maximum atomic E-state index is 3.41. The van der Waals surface area contributed by atoms with Crippen LogP contribution in [-0.2, 0) is 0 Å². The summed E-state index contributed by atoms with van der Waals surface area (Å²) in [5.41, 5.74) is 2.75. The minimum absolute atomic E-state index is 1.10. The first-order chi connectivity index (χ1) is 9.33. The molecule has 0 saturated carbocycles. The van der Waals surface area contributed by atoms with Crippen molar-refractivity contribution in [3.8, 4) is 0 Å². The highest BCUT2D eigenvalue weighted by Crippen LogP contribution is 2.23. The van der Waals surface area contributed by atoms with Crippen molar-refractivity contribution in [2.75, 3.05) is 69.2 Å². The summed E-state index contributed by atoms with van der Waals surface area (Å²) in [6, 6.07) is 9.05. The van der Waals surface area contributed by atoms with Crippen LogP contribution >= 0.6 is 0 Å². The molecule has 2 fully saturated rings. The Morgan fingerprint density at radius 2 is 1.42 bits per heavy atom. The molecular formula is C15H24N4. The minimum atomic E-state index is 1.10. The van der Waals surface area contributed by atoms with Gasteiger partial charge in [-0.1, -0.05) is 6.07 Å². The van der Waals surface area contributed by atoms with Gasteiger partial charge in [-0.15, -0.1) is 0 Å². The van der Waals surface area contributed by atoms with E-state index < -0.39 is 0 Å². The average molecular weight is 260 g/mol. The van der Waals surface area contributed by atoms with Crippen LogP contribution in [0.25, 0.3) is 0 Å². The summed E-state index contributed by atoms with van der Waals surface area (Å²) in [6.07, 6.45) is 0. The first-order valence-electron chi connectivity index (χ1n) is 7.32. The molecule has 1 aromatic carbocycles. The second-order valence-corrected chi connectivity index (χ2v) is 5.55. The van der Waals surface area contributed by atoms with Crippen LogP contribution in [0.4, 0.5) is 11.4 Å². The standard InChI is InChI=1S/C15H24N4/c1-17-9-11-19(12-10-17)15-4-2-3-14(13-15)18-7-5-16-6-8-18/h2-4,13,16H,5-12H2,1H3. The quantitative estimate of drug-likeness (QED) is 0.851. The largest absolute Gasteiger partial charge is 0.369 e. The van der Waals surface area contributed by atoms with Crippen molar-refractivity contribution in [3.63, 3.8) is 0 Å². The summed E-state index contributed by atoms with van der Waals surface area (Å²) >= 11 is 0. The Morgan fingerprint density at radius 3 is 2.05 bits per heavy atom. The number of hydrogen-bond donors (Lipinski definition) is 1. The normalized spacial score (nSPS) is 21.7. The van der Waals surface area contributed by atoms with Crippen molar-refractivity contribution in [2.45, 2.75) is 0 Å². The summed E-state index contributed by atoms with van der Waals surface area (Å²) in [4.78, 5) is 7.39. The third-order valence-corrected chi connectivity index (χ3v) is 4.18. The molecule has 0 atom stereocenters. The predicted molar refractivity (Wildman–Crippen MR) is 81.2 cm³/mol. The topological polar surface area (TPSA) is 21.8 Å². The molecule has 0 unspecified atom stereocenters. The van der Waals surface area contributed by atoms with E-state index in [1.807, 2.05) is 0 Å². The van der Waals surface area contributed by atoms with E-state index in [4.69, 9.17) is 0 Å². The highest BCUT2D eigenvalue weighted by molar-refractivity contribution is 5.59. The zero-order chi connectivity index (χ0) is 13.1. The minimum Gasteiger partial charge on any atom is -0.369 e. The summed E-state index contributed by atoms with van der Waals surface area (Å²) in [7, 11) is 2.20. The summed E-state index contributed by atoms with van der Waals surface area (Å²) < 4.78 is 0. The average Bonchev–Trinajstić information content (AvgIpc) is 2.49. The number of anilines is 2. The van der Waals surface area contributed by atoms with Gasteiger partial charge < -0.3 is 20.0 Å². The van der Waals surface area contributed by atoms with Gasteiger partial charge in [-0.2, -0.15) is 0 Å². The van der Waals surface area contributed by atoms with E-state index in [1.165, 1.54) is 11.4 Å². The number of piperazine rings is 2. The summed E-state index contributed by atoms with van der Waals surface area (Å²) in [5.74, 6) is 0. The zero-order valence-corrected chi connectivity index (χ0v) is 11.8. The SMILES string of the molecule is CN1CCN(c2cccc(N3CCNCC3)c2)CC1. The number of nitrogens with one attached hydrogen (secondary N) is 1. The molecule has 2 aliphatic heterocycles. The lowest BCUT2D eigenvalue weighted by molar-refractivity contribution is 0.313. The molecule has 0 bridgehead atoms. The van der Waals surface area contributed by atoms with Gasteiger partial charge in [-0.25, -0.2) is 0 Å². The zero-order valence-electron chi connectivity index (χ0n) is 11.8. The van der Waals surface area contributed by atoms with Gasteiger partial charge in [0.2, 0.25) is 0 Å². The van der Waals surface area contributed by atoms with Crippen molar-refractivity contribution in [2.24, 2.45) is 0 Å². The first-order valence-corrected chi connectivity index (χ1v) is 7.32. The Hall–Kier alpha value is -1.26. The highest BCUT2D eigenvalue weighted by Gasteiger charge is 2.16. The Balaban J connectivity index is 1.72. The van der Waals surface area contributed by atoms with Crippen LogP contribution in [0.1, 0.15) is 0 Å². The number of likely N-dealkylation sites (N-methyl/N-ethyl adjacent to an activating group) is 1. The van der Waals surface area contributed by atoms with Crippen molar-refractivity contribution >= 4 is 11.4 Å². The molecule has 0 radical (unpaired) electrons. The maximum absolute atomic E-state index is 3.41. The van der Waals surface area contributed by atoms with Gasteiger partial charge in [-0.05, 0) is 25.2 Å². The van der Waals surface area contributed by atoms with E-state index in [0.717, 1.165) is 52.4 Å². The molecule has 2 aliphatic rings. The van der Waals surface area contributed by atoms with Crippen LogP contribution in [0.3, 0.4) is 0 Å². The van der Waals surface area contributed by atoms with Gasteiger partial charge >= 0.3 is 0 Å². The van der Waals surface area contributed by atoms with Crippen LogP contribution in [-0.4, -0.2) is 64.3 Å². The smallest absolute Gasteiger partial charge is 0.0387 e. The molecule has 0 spiro atoms. The van der Waals surface area contributed by atoms with Crippen molar-refractivity contribution in [3.05, 3.63) is 24.3 Å². The molecule has 4 heteroatoms. The first kappa shape index (κ1) is 12.8. The molecule has 0 aliphatic carbocycles. The lowest BCUT2D eigenvalue weighted by Crippen LogP contribution is -2.45. The third-order valence-electron chi connectivity index (χ3n) is 4.18. The maximum Gasteiger partial charge on any atom is 0.0387 e. The van der Waals surface area contributed by atoms with E-state index in [-0.39, 0.29) is 0 Å². The van der Waals surface area contributed by atoms with Crippen molar-refractivity contribution in [1.82, 2.24) is 10.2 Å². The van der Waals surface area contributed by atoms with Gasteiger partial charge in [-0.3, -0.25) is 0 Å². The van der Waals surface area contributed by atoms with Gasteiger partial charge in [0.1, 0.15) is 0 Å².